The molecule has 124 valence electrons. The van der Waals surface area contributed by atoms with E-state index in [1.165, 1.54) is 13.2 Å². The molecule has 0 aliphatic rings. The Hall–Kier alpha value is -2.50. The summed E-state index contributed by atoms with van der Waals surface area (Å²) in [5.74, 6) is -0.334. The number of rotatable bonds is 4. The monoisotopic (exact) mass is 364 g/mol. The highest BCUT2D eigenvalue weighted by molar-refractivity contribution is 6.37. The summed E-state index contributed by atoms with van der Waals surface area (Å²) in [6, 6.07) is 11.7. The van der Waals surface area contributed by atoms with Gasteiger partial charge < -0.3 is 10.1 Å². The van der Waals surface area contributed by atoms with E-state index in [4.69, 9.17) is 23.2 Å². The second kappa shape index (κ2) is 8.38. The van der Waals surface area contributed by atoms with E-state index in [9.17, 15) is 9.59 Å². The average molecular weight is 365 g/mol. The van der Waals surface area contributed by atoms with Gasteiger partial charge in [0, 0.05) is 33.1 Å². The third-order valence-electron chi connectivity index (χ3n) is 2.99. The van der Waals surface area contributed by atoms with Gasteiger partial charge in [0.1, 0.15) is 0 Å². The molecule has 0 spiro atoms. The van der Waals surface area contributed by atoms with Crippen molar-refractivity contribution in [1.82, 2.24) is 0 Å². The van der Waals surface area contributed by atoms with Crippen molar-refractivity contribution in [2.75, 3.05) is 17.7 Å². The summed E-state index contributed by atoms with van der Waals surface area (Å²) in [5, 5.41) is 6.13. The first-order valence-corrected chi connectivity index (χ1v) is 7.63. The second-order valence-electron chi connectivity index (χ2n) is 4.65. The zero-order valence-corrected chi connectivity index (χ0v) is 14.2. The fourth-order valence-electron chi connectivity index (χ4n) is 1.82. The van der Waals surface area contributed by atoms with Crippen LogP contribution in [0.25, 0.3) is 6.08 Å². The van der Waals surface area contributed by atoms with Gasteiger partial charge in [-0.15, -0.1) is 0 Å². The van der Waals surface area contributed by atoms with Crippen LogP contribution in [0.5, 0.6) is 0 Å². The number of halogens is 2. The molecular weight excluding hydrogens is 351 g/mol. The molecule has 0 aliphatic heterocycles. The Morgan fingerprint density at radius 2 is 1.50 bits per heavy atom. The Kier molecular flexibility index (Phi) is 6.23. The number of carbonyl (C=O) groups excluding carboxylic acids is 2. The molecule has 0 fully saturated rings. The summed E-state index contributed by atoms with van der Waals surface area (Å²) in [6.45, 7) is 0. The van der Waals surface area contributed by atoms with Crippen LogP contribution >= 0.6 is 23.2 Å². The van der Waals surface area contributed by atoms with Gasteiger partial charge >= 0.3 is 6.09 Å². The number of anilines is 2. The smallest absolute Gasteiger partial charge is 0.411 e. The van der Waals surface area contributed by atoms with Gasteiger partial charge in [0.25, 0.3) is 0 Å². The largest absolute Gasteiger partial charge is 0.453 e. The van der Waals surface area contributed by atoms with Crippen molar-refractivity contribution in [1.29, 1.82) is 0 Å². The molecule has 0 atom stereocenters. The molecule has 0 heterocycles. The summed E-state index contributed by atoms with van der Waals surface area (Å²) in [4.78, 5) is 23.0. The van der Waals surface area contributed by atoms with Gasteiger partial charge in [-0.05, 0) is 42.5 Å². The van der Waals surface area contributed by atoms with E-state index in [2.05, 4.69) is 15.4 Å². The van der Waals surface area contributed by atoms with Crippen molar-refractivity contribution < 1.29 is 14.3 Å². The number of methoxy groups -OCH3 is 1. The third kappa shape index (κ3) is 5.01. The topological polar surface area (TPSA) is 67.4 Å². The number of carbonyl (C=O) groups is 2. The molecule has 2 rings (SSSR count). The van der Waals surface area contributed by atoms with E-state index in [-0.39, 0.29) is 5.91 Å². The number of amides is 2. The lowest BCUT2D eigenvalue weighted by molar-refractivity contribution is -0.111. The quantitative estimate of drug-likeness (QED) is 0.763. The molecular formula is C17H14Cl2N2O3. The minimum Gasteiger partial charge on any atom is -0.453 e. The van der Waals surface area contributed by atoms with E-state index in [0.29, 0.717) is 27.0 Å². The standard InChI is InChI=1S/C17H14Cl2N2O3/c1-24-17(23)21-12-7-5-11(6-8-12)20-16(22)10-9-13-14(18)3-2-4-15(13)19/h2-10H,1H3,(H,20,22)(H,21,23)/b10-9+. The van der Waals surface area contributed by atoms with Crippen LogP contribution in [0.3, 0.4) is 0 Å². The highest BCUT2D eigenvalue weighted by Gasteiger charge is 2.04. The SMILES string of the molecule is COC(=O)Nc1ccc(NC(=O)/C=C/c2c(Cl)cccc2Cl)cc1. The lowest BCUT2D eigenvalue weighted by Gasteiger charge is -2.06. The molecule has 0 bridgehead atoms. The molecule has 0 aromatic heterocycles. The highest BCUT2D eigenvalue weighted by Crippen LogP contribution is 2.25. The lowest BCUT2D eigenvalue weighted by Crippen LogP contribution is -2.11. The summed E-state index contributed by atoms with van der Waals surface area (Å²) < 4.78 is 4.49. The van der Waals surface area contributed by atoms with Crippen LogP contribution in [0.15, 0.2) is 48.5 Å². The molecule has 2 amide bonds. The van der Waals surface area contributed by atoms with Crippen molar-refractivity contribution in [3.05, 3.63) is 64.1 Å². The highest BCUT2D eigenvalue weighted by atomic mass is 35.5. The third-order valence-corrected chi connectivity index (χ3v) is 3.64. The summed E-state index contributed by atoms with van der Waals surface area (Å²) in [5.41, 5.74) is 1.71. The first-order valence-electron chi connectivity index (χ1n) is 6.87. The maximum Gasteiger partial charge on any atom is 0.411 e. The molecule has 24 heavy (non-hydrogen) atoms. The van der Waals surface area contributed by atoms with Crippen molar-refractivity contribution in [2.24, 2.45) is 0 Å². The Bertz CT molecular complexity index is 754. The predicted octanol–water partition coefficient (Wildman–Crippen LogP) is 4.82. The van der Waals surface area contributed by atoms with Gasteiger partial charge in [0.2, 0.25) is 5.91 Å². The molecule has 5 nitrogen and oxygen atoms in total. The van der Waals surface area contributed by atoms with Crippen LogP contribution < -0.4 is 10.6 Å². The van der Waals surface area contributed by atoms with Crippen LogP contribution in [-0.4, -0.2) is 19.1 Å². The van der Waals surface area contributed by atoms with E-state index in [1.54, 1.807) is 48.5 Å². The number of benzene rings is 2. The lowest BCUT2D eigenvalue weighted by atomic mass is 10.2. The van der Waals surface area contributed by atoms with E-state index < -0.39 is 6.09 Å². The normalized spacial score (nSPS) is 10.5. The fourth-order valence-corrected chi connectivity index (χ4v) is 2.34. The molecule has 0 unspecified atom stereocenters. The van der Waals surface area contributed by atoms with Gasteiger partial charge in [-0.2, -0.15) is 0 Å². The van der Waals surface area contributed by atoms with Crippen molar-refractivity contribution in [3.63, 3.8) is 0 Å². The first kappa shape index (κ1) is 17.8. The van der Waals surface area contributed by atoms with Gasteiger partial charge in [0.05, 0.1) is 7.11 Å². The van der Waals surface area contributed by atoms with Crippen LogP contribution in [0.1, 0.15) is 5.56 Å². The Balaban J connectivity index is 1.99. The molecule has 0 aliphatic carbocycles. The Morgan fingerprint density at radius 1 is 0.958 bits per heavy atom. The summed E-state index contributed by atoms with van der Waals surface area (Å²) in [6.07, 6.45) is 2.33. The van der Waals surface area contributed by atoms with Crippen LogP contribution in [-0.2, 0) is 9.53 Å². The van der Waals surface area contributed by atoms with E-state index >= 15 is 0 Å². The second-order valence-corrected chi connectivity index (χ2v) is 5.47. The Labute approximate surface area is 149 Å². The molecule has 0 saturated heterocycles. The zero-order valence-electron chi connectivity index (χ0n) is 12.7. The maximum atomic E-state index is 11.9. The zero-order chi connectivity index (χ0) is 17.5. The van der Waals surface area contributed by atoms with Gasteiger partial charge in [0.15, 0.2) is 0 Å². The molecule has 2 aromatic carbocycles. The molecule has 2 aromatic rings. The minimum atomic E-state index is -0.564. The van der Waals surface area contributed by atoms with E-state index in [1.807, 2.05) is 0 Å². The van der Waals surface area contributed by atoms with Crippen LogP contribution in [0.2, 0.25) is 10.0 Å². The average Bonchev–Trinajstić information content (AvgIpc) is 2.56. The molecule has 0 radical (unpaired) electrons. The van der Waals surface area contributed by atoms with Crippen molar-refractivity contribution in [2.45, 2.75) is 0 Å². The van der Waals surface area contributed by atoms with E-state index in [0.717, 1.165) is 0 Å². The molecule has 7 heteroatoms. The van der Waals surface area contributed by atoms with Crippen LogP contribution in [0.4, 0.5) is 16.2 Å². The fraction of sp³-hybridized carbons (Fsp3) is 0.0588. The summed E-state index contributed by atoms with van der Waals surface area (Å²) in [7, 11) is 1.28. The maximum absolute atomic E-state index is 11.9. The van der Waals surface area contributed by atoms with Crippen LogP contribution in [0, 0.1) is 0 Å². The molecule has 2 N–H and O–H groups in total. The van der Waals surface area contributed by atoms with Crippen molar-refractivity contribution in [3.8, 4) is 0 Å². The van der Waals surface area contributed by atoms with Gasteiger partial charge in [-0.1, -0.05) is 29.3 Å². The number of hydrogen-bond donors (Lipinski definition) is 2. The van der Waals surface area contributed by atoms with Gasteiger partial charge in [-0.25, -0.2) is 4.79 Å². The summed E-state index contributed by atoms with van der Waals surface area (Å²) >= 11 is 12.1. The number of nitrogens with one attached hydrogen (secondary N) is 2. The minimum absolute atomic E-state index is 0.334. The molecule has 0 saturated carbocycles. The van der Waals surface area contributed by atoms with Gasteiger partial charge in [-0.3, -0.25) is 10.1 Å². The Morgan fingerprint density at radius 3 is 2.04 bits per heavy atom. The number of hydrogen-bond acceptors (Lipinski definition) is 3. The van der Waals surface area contributed by atoms with Crippen molar-refractivity contribution >= 4 is 52.7 Å². The first-order chi connectivity index (χ1) is 11.5. The predicted molar refractivity (Wildman–Crippen MR) is 96.6 cm³/mol. The number of ether oxygens (including phenoxy) is 1.